The number of fused-ring (bicyclic) bond motifs is 1. The van der Waals surface area contributed by atoms with Gasteiger partial charge in [-0.3, -0.25) is 4.79 Å². The Labute approximate surface area is 209 Å². The molecule has 2 N–H and O–H groups in total. The molecule has 0 fully saturated rings. The van der Waals surface area contributed by atoms with Gasteiger partial charge in [0.25, 0.3) is 0 Å². The van der Waals surface area contributed by atoms with Crippen LogP contribution in [0.25, 0.3) is 11.0 Å². The summed E-state index contributed by atoms with van der Waals surface area (Å²) in [5.41, 5.74) is 8.02. The predicted octanol–water partition coefficient (Wildman–Crippen LogP) is 5.59. The summed E-state index contributed by atoms with van der Waals surface area (Å²) in [5, 5.41) is -0.781. The van der Waals surface area contributed by atoms with Crippen molar-refractivity contribution in [2.24, 2.45) is 5.73 Å². The highest BCUT2D eigenvalue weighted by Gasteiger charge is 2.41. The van der Waals surface area contributed by atoms with Gasteiger partial charge in [0, 0.05) is 5.56 Å². The van der Waals surface area contributed by atoms with E-state index in [1.165, 1.54) is 3.97 Å². The van der Waals surface area contributed by atoms with Crippen LogP contribution in [0, 0.1) is 0 Å². The Morgan fingerprint density at radius 2 is 1.66 bits per heavy atom. The van der Waals surface area contributed by atoms with Crippen LogP contribution in [-0.4, -0.2) is 36.7 Å². The largest absolute Gasteiger partial charge is 0.403 e. The normalized spacial score (nSPS) is 14.9. The Balaban J connectivity index is 2.19. The molecule has 2 aromatic carbocycles. The minimum Gasteiger partial charge on any atom is -0.403 e. The van der Waals surface area contributed by atoms with Gasteiger partial charge in [0.05, 0.1) is 22.3 Å². The maximum absolute atomic E-state index is 13.9. The van der Waals surface area contributed by atoms with Gasteiger partial charge in [-0.15, -0.1) is 0 Å². The third-order valence-electron chi connectivity index (χ3n) is 6.74. The predicted molar refractivity (Wildman–Crippen MR) is 144 cm³/mol. The van der Waals surface area contributed by atoms with Crippen LogP contribution in [0.1, 0.15) is 75.4 Å². The minimum atomic E-state index is -3.76. The van der Waals surface area contributed by atoms with Gasteiger partial charge in [-0.25, -0.2) is 17.4 Å². The Morgan fingerprint density at radius 1 is 1.06 bits per heavy atom. The van der Waals surface area contributed by atoms with Crippen molar-refractivity contribution in [3.63, 3.8) is 0 Å². The van der Waals surface area contributed by atoms with Gasteiger partial charge in [0.15, 0.2) is 14.1 Å². The van der Waals surface area contributed by atoms with Crippen molar-refractivity contribution in [2.75, 3.05) is 0 Å². The number of hydrogen-bond donors (Lipinski definition) is 1. The molecule has 9 heteroatoms. The summed E-state index contributed by atoms with van der Waals surface area (Å²) in [6.45, 7) is 15.5. The molecular weight excluding hydrogens is 478 g/mol. The van der Waals surface area contributed by atoms with E-state index >= 15 is 0 Å². The third-order valence-corrected chi connectivity index (χ3v) is 13.3. The lowest BCUT2D eigenvalue weighted by molar-refractivity contribution is 0.0767. The molecule has 0 saturated carbocycles. The van der Waals surface area contributed by atoms with Crippen molar-refractivity contribution in [2.45, 2.75) is 77.1 Å². The number of ketones is 1. The van der Waals surface area contributed by atoms with Gasteiger partial charge in [0.2, 0.25) is 10.0 Å². The van der Waals surface area contributed by atoms with Gasteiger partial charge in [-0.1, -0.05) is 51.1 Å². The fraction of sp³-hybridized carbons (Fsp3) is 0.462. The first kappa shape index (κ1) is 27.3. The summed E-state index contributed by atoms with van der Waals surface area (Å²) in [4.78, 5) is 18.4. The molecule has 2 atom stereocenters. The van der Waals surface area contributed by atoms with Crippen molar-refractivity contribution < 1.29 is 17.6 Å². The van der Waals surface area contributed by atoms with E-state index in [-0.39, 0.29) is 16.6 Å². The summed E-state index contributed by atoms with van der Waals surface area (Å²) >= 11 is 0. The molecule has 7 nitrogen and oxygen atoms in total. The topological polar surface area (TPSA) is 104 Å². The van der Waals surface area contributed by atoms with Gasteiger partial charge in [-0.05, 0) is 62.7 Å². The van der Waals surface area contributed by atoms with Gasteiger partial charge in [0.1, 0.15) is 11.9 Å². The Kier molecular flexibility index (Phi) is 7.48. The van der Waals surface area contributed by atoms with Gasteiger partial charge in [-0.2, -0.15) is 0 Å². The monoisotopic (exact) mass is 515 g/mol. The fourth-order valence-corrected chi connectivity index (χ4v) is 6.01. The average Bonchev–Trinajstić information content (AvgIpc) is 3.16. The number of benzene rings is 2. The van der Waals surface area contributed by atoms with E-state index in [9.17, 15) is 13.2 Å². The molecule has 0 amide bonds. The molecule has 0 aliphatic heterocycles. The first-order chi connectivity index (χ1) is 16.1. The number of aromatic nitrogens is 2. The van der Waals surface area contributed by atoms with E-state index in [1.807, 2.05) is 30.3 Å². The van der Waals surface area contributed by atoms with Crippen molar-refractivity contribution in [3.8, 4) is 0 Å². The van der Waals surface area contributed by atoms with E-state index in [0.29, 0.717) is 16.6 Å². The van der Waals surface area contributed by atoms with Crippen molar-refractivity contribution in [1.29, 1.82) is 0 Å². The zero-order valence-electron chi connectivity index (χ0n) is 21.9. The third kappa shape index (κ3) is 5.28. The second kappa shape index (κ2) is 9.61. The number of nitrogens with two attached hydrogens (primary N) is 1. The van der Waals surface area contributed by atoms with E-state index in [2.05, 4.69) is 38.8 Å². The molecule has 3 aromatic rings. The lowest BCUT2D eigenvalue weighted by atomic mass is 10.00. The smallest absolute Gasteiger partial charge is 0.242 e. The van der Waals surface area contributed by atoms with E-state index in [0.717, 1.165) is 5.56 Å². The molecule has 0 aliphatic rings. The summed E-state index contributed by atoms with van der Waals surface area (Å²) in [5.74, 6) is 0.0235. The minimum absolute atomic E-state index is 0.0968. The van der Waals surface area contributed by atoms with Crippen molar-refractivity contribution in [1.82, 2.24) is 8.96 Å². The number of Topliss-reactive ketones (excluding diaryl/α,β-unsaturated/α-hetero) is 1. The van der Waals surface area contributed by atoms with Gasteiger partial charge >= 0.3 is 0 Å². The quantitative estimate of drug-likeness (QED) is 0.310. The van der Waals surface area contributed by atoms with Crippen LogP contribution >= 0.6 is 0 Å². The first-order valence-corrected chi connectivity index (χ1v) is 16.3. The Morgan fingerprint density at radius 3 is 2.17 bits per heavy atom. The van der Waals surface area contributed by atoms with Crippen molar-refractivity contribution >= 4 is 35.2 Å². The molecule has 1 heterocycles. The number of hydrogen-bond acceptors (Lipinski definition) is 6. The molecule has 0 radical (unpaired) electrons. The SMILES string of the molecule is CC(N)c1nc2ccc(C(=O)C(O[Si](C)(C)C(C)(C)C)c3ccccc3)cc2n1S(=O)(=O)C(C)C. The molecular formula is C26H37N3O4SSi. The second-order valence-electron chi connectivity index (χ2n) is 10.9. The highest BCUT2D eigenvalue weighted by Crippen LogP contribution is 2.40. The highest BCUT2D eigenvalue weighted by atomic mass is 32.2. The number of nitrogens with zero attached hydrogens (tertiary/aromatic N) is 2. The van der Waals surface area contributed by atoms with Crippen LogP contribution in [0.4, 0.5) is 0 Å². The molecule has 0 spiro atoms. The highest BCUT2D eigenvalue weighted by molar-refractivity contribution is 7.90. The van der Waals surface area contributed by atoms with Crippen LogP contribution in [0.15, 0.2) is 48.5 Å². The zero-order valence-corrected chi connectivity index (χ0v) is 23.7. The standard InChI is InChI=1S/C26H37N3O4SSi/c1-17(2)34(31,32)29-22-16-20(14-15-21(22)28-25(29)18(3)27)23(30)24(19-12-10-9-11-13-19)33-35(7,8)26(4,5)6/h9-18,24H,27H2,1-8H3. The Bertz CT molecular complexity index is 1320. The summed E-state index contributed by atoms with van der Waals surface area (Å²) in [6, 6.07) is 13.8. The number of imidazole rings is 1. The number of carbonyl (C=O) groups is 1. The lowest BCUT2D eigenvalue weighted by Gasteiger charge is -2.39. The zero-order chi connectivity index (χ0) is 26.3. The molecule has 0 bridgehead atoms. The molecule has 0 aliphatic carbocycles. The second-order valence-corrected chi connectivity index (χ2v) is 17.9. The lowest BCUT2D eigenvalue weighted by Crippen LogP contribution is -2.43. The van der Waals surface area contributed by atoms with Crippen LogP contribution in [0.3, 0.4) is 0 Å². The number of carbonyl (C=O) groups excluding carboxylic acids is 1. The molecule has 1 aromatic heterocycles. The van der Waals surface area contributed by atoms with Gasteiger partial charge < -0.3 is 10.2 Å². The van der Waals surface area contributed by atoms with Crippen LogP contribution in [-0.2, 0) is 14.4 Å². The molecule has 2 unspecified atom stereocenters. The molecule has 0 saturated heterocycles. The fourth-order valence-electron chi connectivity index (χ4n) is 3.51. The van der Waals surface area contributed by atoms with E-state index < -0.39 is 35.7 Å². The summed E-state index contributed by atoms with van der Waals surface area (Å²) in [7, 11) is -6.08. The maximum Gasteiger partial charge on any atom is 0.242 e. The maximum atomic E-state index is 13.9. The van der Waals surface area contributed by atoms with Crippen LogP contribution in [0.2, 0.25) is 18.1 Å². The molecule has 3 rings (SSSR count). The Hall–Kier alpha value is -2.33. The van der Waals surface area contributed by atoms with E-state index in [1.54, 1.807) is 39.0 Å². The summed E-state index contributed by atoms with van der Waals surface area (Å²) in [6.07, 6.45) is -0.805. The number of rotatable bonds is 8. The van der Waals surface area contributed by atoms with Crippen molar-refractivity contribution in [3.05, 3.63) is 65.5 Å². The van der Waals surface area contributed by atoms with Crippen LogP contribution in [0.5, 0.6) is 0 Å². The van der Waals surface area contributed by atoms with E-state index in [4.69, 9.17) is 10.2 Å². The molecule has 190 valence electrons. The molecule has 35 heavy (non-hydrogen) atoms. The summed E-state index contributed by atoms with van der Waals surface area (Å²) < 4.78 is 34.3. The first-order valence-electron chi connectivity index (χ1n) is 11.9. The average molecular weight is 516 g/mol. The van der Waals surface area contributed by atoms with Crippen LogP contribution < -0.4 is 5.73 Å².